The molecule has 10 heteroatoms. The summed E-state index contributed by atoms with van der Waals surface area (Å²) < 4.78 is 11.9. The molecule has 0 unspecified atom stereocenters. The summed E-state index contributed by atoms with van der Waals surface area (Å²) in [7, 11) is 0. The summed E-state index contributed by atoms with van der Waals surface area (Å²) in [5.41, 5.74) is 4.08. The molecule has 2 fully saturated rings. The number of fused-ring (bicyclic) bond motifs is 1. The number of imide groups is 1. The number of amides is 2. The van der Waals surface area contributed by atoms with E-state index in [9.17, 15) is 24.9 Å². The van der Waals surface area contributed by atoms with Crippen LogP contribution in [0.4, 0.5) is 0 Å². The van der Waals surface area contributed by atoms with Crippen LogP contribution in [0.3, 0.4) is 0 Å². The first kappa shape index (κ1) is 36.5. The molecule has 0 spiro atoms. The van der Waals surface area contributed by atoms with Gasteiger partial charge in [-0.1, -0.05) is 54.6 Å². The zero-order valence-electron chi connectivity index (χ0n) is 29.8. The van der Waals surface area contributed by atoms with Gasteiger partial charge in [0.1, 0.15) is 30.5 Å². The van der Waals surface area contributed by atoms with Crippen molar-refractivity contribution in [3.8, 4) is 5.75 Å². The van der Waals surface area contributed by atoms with E-state index in [0.717, 1.165) is 30.8 Å². The van der Waals surface area contributed by atoms with Crippen molar-refractivity contribution >= 4 is 23.5 Å². The highest BCUT2D eigenvalue weighted by molar-refractivity contribution is 6.06. The molecule has 2 saturated heterocycles. The summed E-state index contributed by atoms with van der Waals surface area (Å²) >= 11 is 0. The predicted molar refractivity (Wildman–Crippen MR) is 200 cm³/mol. The second-order valence-electron chi connectivity index (χ2n) is 14.2. The van der Waals surface area contributed by atoms with E-state index in [-0.39, 0.29) is 50.5 Å². The number of carbonyl (C=O) groups is 2. The molecule has 10 nitrogen and oxygen atoms in total. The zero-order chi connectivity index (χ0) is 36.7. The molecule has 3 aliphatic rings. The van der Waals surface area contributed by atoms with Gasteiger partial charge in [-0.3, -0.25) is 24.4 Å². The van der Waals surface area contributed by atoms with Crippen LogP contribution in [-0.2, 0) is 22.7 Å². The Balaban J connectivity index is 1.13. The molecule has 0 bridgehead atoms. The van der Waals surface area contributed by atoms with Gasteiger partial charge in [0.15, 0.2) is 0 Å². The molecule has 4 atom stereocenters. The smallest absolute Gasteiger partial charge is 0.234 e. The minimum Gasteiger partial charge on any atom is -0.489 e. The number of hydrogen-bond acceptors (Lipinski definition) is 9. The van der Waals surface area contributed by atoms with Gasteiger partial charge in [-0.15, -0.1) is 0 Å². The molecular formula is C43H47N3O7. The molecule has 4 aromatic rings. The van der Waals surface area contributed by atoms with Crippen molar-refractivity contribution in [3.05, 3.63) is 131 Å². The van der Waals surface area contributed by atoms with Crippen LogP contribution >= 0.6 is 0 Å². The lowest BCUT2D eigenvalue weighted by atomic mass is 9.68. The molecule has 2 aromatic carbocycles. The highest BCUT2D eigenvalue weighted by atomic mass is 16.5. The van der Waals surface area contributed by atoms with E-state index >= 15 is 0 Å². The number of aliphatic hydroxyl groups excluding tert-OH is 3. The Hall–Kier alpha value is -4.87. The first-order valence-electron chi connectivity index (χ1n) is 18.6. The fraction of sp³-hybridized carbons (Fsp3) is 0.372. The quantitative estimate of drug-likeness (QED) is 0.114. The molecule has 0 radical (unpaired) electrons. The van der Waals surface area contributed by atoms with Crippen molar-refractivity contribution < 1.29 is 34.1 Å². The topological polar surface area (TPSA) is 137 Å². The Morgan fingerprint density at radius 3 is 2.34 bits per heavy atom. The van der Waals surface area contributed by atoms with Gasteiger partial charge in [0.2, 0.25) is 11.8 Å². The number of pyridine rings is 1. The monoisotopic (exact) mass is 717 g/mol. The third-order valence-corrected chi connectivity index (χ3v) is 10.9. The van der Waals surface area contributed by atoms with E-state index in [1.165, 1.54) is 10.5 Å². The van der Waals surface area contributed by atoms with E-state index in [2.05, 4.69) is 22.0 Å². The Bertz CT molecular complexity index is 1900. The van der Waals surface area contributed by atoms with E-state index in [4.69, 9.17) is 9.15 Å². The van der Waals surface area contributed by atoms with Crippen molar-refractivity contribution in [2.75, 3.05) is 26.3 Å². The lowest BCUT2D eigenvalue weighted by Crippen LogP contribution is -2.47. The maximum atomic E-state index is 14.3. The fourth-order valence-corrected chi connectivity index (χ4v) is 8.34. The molecular weight excluding hydrogens is 670 g/mol. The van der Waals surface area contributed by atoms with Crippen LogP contribution in [0.5, 0.6) is 5.75 Å². The number of likely N-dealkylation sites (tertiary alicyclic amines) is 2. The second-order valence-corrected chi connectivity index (χ2v) is 14.2. The molecule has 4 heterocycles. The summed E-state index contributed by atoms with van der Waals surface area (Å²) in [6.07, 6.45) is 4.84. The van der Waals surface area contributed by atoms with Crippen LogP contribution in [0.1, 0.15) is 54.9 Å². The minimum absolute atomic E-state index is 0.120. The molecule has 1 aliphatic carbocycles. The number of aromatic nitrogens is 1. The minimum atomic E-state index is -1.03. The molecule has 7 rings (SSSR count). The highest BCUT2D eigenvalue weighted by Gasteiger charge is 2.56. The number of ether oxygens (including phenoxy) is 1. The van der Waals surface area contributed by atoms with Gasteiger partial charge in [-0.05, 0) is 96.9 Å². The Labute approximate surface area is 310 Å². The highest BCUT2D eigenvalue weighted by Crippen LogP contribution is 2.47. The number of furan rings is 1. The number of para-hydroxylation sites is 1. The molecule has 53 heavy (non-hydrogen) atoms. The van der Waals surface area contributed by atoms with Gasteiger partial charge >= 0.3 is 0 Å². The standard InChI is InChI=1S/C43H47N3O7/c47-26-35-16-15-34(53-35)23-30(38-13-7-8-20-44-38)14-17-39(49)40-31(28-52-33-11-5-2-6-12-33)24-36-41(37(40)27-48)43(51)46(42(36)50)32-18-21-45(22-19-32)25-29-9-3-1-4-10-29/h1-13,15-16,20,23,32,36-37,39,41,47-49H,14,17-19,21-22,24-28H2/b30-23-/t36-,37+,39-,41-/m1/s1. The lowest BCUT2D eigenvalue weighted by molar-refractivity contribution is -0.144. The molecule has 2 aromatic heterocycles. The van der Waals surface area contributed by atoms with Gasteiger partial charge < -0.3 is 24.5 Å². The first-order valence-corrected chi connectivity index (χ1v) is 18.6. The maximum Gasteiger partial charge on any atom is 0.234 e. The molecule has 276 valence electrons. The number of allylic oxidation sites excluding steroid dienone is 1. The number of nitrogens with zero attached hydrogens (tertiary/aromatic N) is 3. The normalized spacial score (nSPS) is 22.0. The molecule has 3 N–H and O–H groups in total. The van der Waals surface area contributed by atoms with E-state index < -0.39 is 23.9 Å². The molecule has 0 saturated carbocycles. The van der Waals surface area contributed by atoms with E-state index in [0.29, 0.717) is 47.8 Å². The number of rotatable bonds is 14. The van der Waals surface area contributed by atoms with Crippen molar-refractivity contribution in [1.82, 2.24) is 14.8 Å². The van der Waals surface area contributed by atoms with Gasteiger partial charge in [0, 0.05) is 37.8 Å². The van der Waals surface area contributed by atoms with Crippen molar-refractivity contribution in [2.45, 2.75) is 57.4 Å². The third kappa shape index (κ3) is 8.21. The zero-order valence-corrected chi connectivity index (χ0v) is 29.8. The summed E-state index contributed by atoms with van der Waals surface area (Å²) in [6, 6.07) is 28.5. The number of piperidine rings is 1. The average molecular weight is 718 g/mol. The fourth-order valence-electron chi connectivity index (χ4n) is 8.34. The Morgan fingerprint density at radius 2 is 1.66 bits per heavy atom. The summed E-state index contributed by atoms with van der Waals surface area (Å²) in [5, 5.41) is 32.5. The van der Waals surface area contributed by atoms with Crippen LogP contribution in [-0.4, -0.2) is 80.4 Å². The largest absolute Gasteiger partial charge is 0.489 e. The number of benzene rings is 2. The van der Waals surface area contributed by atoms with Gasteiger partial charge in [0.25, 0.3) is 0 Å². The van der Waals surface area contributed by atoms with Crippen LogP contribution < -0.4 is 4.74 Å². The summed E-state index contributed by atoms with van der Waals surface area (Å²) in [5.74, 6) is -0.925. The van der Waals surface area contributed by atoms with Gasteiger partial charge in [-0.2, -0.15) is 0 Å². The predicted octanol–water partition coefficient (Wildman–Crippen LogP) is 5.50. The number of hydrogen-bond donors (Lipinski definition) is 3. The third-order valence-electron chi connectivity index (χ3n) is 10.9. The summed E-state index contributed by atoms with van der Waals surface area (Å²) in [6.45, 7) is 1.90. The average Bonchev–Trinajstić information content (AvgIpc) is 3.76. The molecule has 2 aliphatic heterocycles. The SMILES string of the molecule is O=C1[C@@H]2[C@@H](CC(COc3ccccc3)=C([C@H](O)CC/C(=C/c3ccc(CO)o3)c3ccccn3)[C@@H]2CO)C(=O)N1C1CCN(Cc2ccccc2)CC1. The van der Waals surface area contributed by atoms with Crippen molar-refractivity contribution in [1.29, 1.82) is 0 Å². The number of aliphatic hydroxyl groups is 3. The molecule has 2 amide bonds. The van der Waals surface area contributed by atoms with E-state index in [1.807, 2.05) is 72.8 Å². The van der Waals surface area contributed by atoms with Crippen molar-refractivity contribution in [3.63, 3.8) is 0 Å². The van der Waals surface area contributed by atoms with Gasteiger partial charge in [0.05, 0.1) is 30.2 Å². The van der Waals surface area contributed by atoms with Gasteiger partial charge in [-0.25, -0.2) is 0 Å². The lowest BCUT2D eigenvalue weighted by Gasteiger charge is -2.37. The second kappa shape index (κ2) is 16.9. The summed E-state index contributed by atoms with van der Waals surface area (Å²) in [4.78, 5) is 36.9. The van der Waals surface area contributed by atoms with Crippen LogP contribution in [0, 0.1) is 17.8 Å². The Kier molecular flexibility index (Phi) is 11.6. The van der Waals surface area contributed by atoms with E-state index in [1.54, 1.807) is 18.3 Å². The van der Waals surface area contributed by atoms with Crippen LogP contribution in [0.15, 0.2) is 113 Å². The van der Waals surface area contributed by atoms with Crippen LogP contribution in [0.25, 0.3) is 11.6 Å². The van der Waals surface area contributed by atoms with Crippen molar-refractivity contribution in [2.24, 2.45) is 17.8 Å². The first-order chi connectivity index (χ1) is 25.9. The van der Waals surface area contributed by atoms with Crippen LogP contribution in [0.2, 0.25) is 0 Å². The number of carbonyl (C=O) groups excluding carboxylic acids is 2. The Morgan fingerprint density at radius 1 is 0.925 bits per heavy atom. The maximum absolute atomic E-state index is 14.3.